The number of carbonyl (C=O) groups excluding carboxylic acids is 4. The molecule has 0 fully saturated rings. The van der Waals surface area contributed by atoms with Gasteiger partial charge in [0, 0.05) is 18.7 Å². The average molecular weight is 451 g/mol. The van der Waals surface area contributed by atoms with Gasteiger partial charge in [-0.2, -0.15) is 0 Å². The van der Waals surface area contributed by atoms with Gasteiger partial charge in [0.25, 0.3) is 0 Å². The molecule has 0 unspecified atom stereocenters. The summed E-state index contributed by atoms with van der Waals surface area (Å²) in [7, 11) is 0. The van der Waals surface area contributed by atoms with Gasteiger partial charge in [-0.05, 0) is 39.0 Å². The molecule has 3 atom stereocenters. The SMILES string of the molecule is CC(C)[C@H](NC(=O)OC(C)(C)C)C(=O)N[C@H]1/C=C/CCNC(=O)/C=C/[C@H](C(C)C)NC1=O. The molecular formula is C23H38N4O5. The van der Waals surface area contributed by atoms with Crippen LogP contribution in [0.15, 0.2) is 24.3 Å². The summed E-state index contributed by atoms with van der Waals surface area (Å²) < 4.78 is 5.26. The second-order valence-electron chi connectivity index (χ2n) is 9.50. The molecule has 1 rings (SSSR count). The lowest BCUT2D eigenvalue weighted by molar-refractivity contribution is -0.129. The number of nitrogens with one attached hydrogen (secondary N) is 4. The molecule has 1 heterocycles. The first-order valence-corrected chi connectivity index (χ1v) is 11.0. The zero-order chi connectivity index (χ0) is 24.5. The third-order valence-corrected chi connectivity index (χ3v) is 4.62. The Balaban J connectivity index is 3.00. The van der Waals surface area contributed by atoms with E-state index < -0.39 is 35.6 Å². The minimum absolute atomic E-state index is 0.0310. The van der Waals surface area contributed by atoms with Crippen LogP contribution in [0.5, 0.6) is 0 Å². The van der Waals surface area contributed by atoms with Crippen LogP contribution in [0, 0.1) is 11.8 Å². The zero-order valence-electron chi connectivity index (χ0n) is 20.2. The molecule has 0 spiro atoms. The number of rotatable bonds is 5. The number of hydrogen-bond acceptors (Lipinski definition) is 5. The third kappa shape index (κ3) is 9.98. The highest BCUT2D eigenvalue weighted by molar-refractivity contribution is 5.93. The number of alkyl carbamates (subject to hydrolysis) is 1. The van der Waals surface area contributed by atoms with E-state index >= 15 is 0 Å². The van der Waals surface area contributed by atoms with Crippen LogP contribution in [0.1, 0.15) is 54.9 Å². The topological polar surface area (TPSA) is 126 Å². The molecule has 1 aliphatic rings. The van der Waals surface area contributed by atoms with Crippen LogP contribution in [0.25, 0.3) is 0 Å². The van der Waals surface area contributed by atoms with Crippen LogP contribution in [0.3, 0.4) is 0 Å². The summed E-state index contributed by atoms with van der Waals surface area (Å²) in [6.45, 7) is 13.0. The highest BCUT2D eigenvalue weighted by Gasteiger charge is 2.30. The lowest BCUT2D eigenvalue weighted by Gasteiger charge is -2.27. The number of amides is 4. The van der Waals surface area contributed by atoms with Crippen molar-refractivity contribution in [3.05, 3.63) is 24.3 Å². The molecule has 0 aromatic carbocycles. The first-order chi connectivity index (χ1) is 14.8. The Labute approximate surface area is 190 Å². The largest absolute Gasteiger partial charge is 0.444 e. The minimum Gasteiger partial charge on any atom is -0.444 e. The Hall–Kier alpha value is -2.84. The molecule has 0 saturated heterocycles. The van der Waals surface area contributed by atoms with E-state index in [0.717, 1.165) is 0 Å². The summed E-state index contributed by atoms with van der Waals surface area (Å²) >= 11 is 0. The molecule has 180 valence electrons. The zero-order valence-corrected chi connectivity index (χ0v) is 20.2. The Morgan fingerprint density at radius 3 is 2.34 bits per heavy atom. The van der Waals surface area contributed by atoms with Crippen LogP contribution in [-0.4, -0.2) is 54.1 Å². The molecule has 0 saturated carbocycles. The molecule has 0 aromatic rings. The first-order valence-electron chi connectivity index (χ1n) is 11.0. The van der Waals surface area contributed by atoms with Gasteiger partial charge in [-0.3, -0.25) is 14.4 Å². The van der Waals surface area contributed by atoms with Gasteiger partial charge < -0.3 is 26.0 Å². The van der Waals surface area contributed by atoms with Crippen molar-refractivity contribution in [2.45, 2.75) is 78.6 Å². The van der Waals surface area contributed by atoms with Crippen molar-refractivity contribution >= 4 is 23.8 Å². The van der Waals surface area contributed by atoms with Crippen molar-refractivity contribution in [2.24, 2.45) is 11.8 Å². The number of ether oxygens (including phenoxy) is 1. The van der Waals surface area contributed by atoms with E-state index in [0.29, 0.717) is 13.0 Å². The second-order valence-corrected chi connectivity index (χ2v) is 9.50. The Morgan fingerprint density at radius 1 is 1.12 bits per heavy atom. The molecule has 1 aliphatic heterocycles. The molecule has 0 radical (unpaired) electrons. The molecular weight excluding hydrogens is 412 g/mol. The molecule has 0 aliphatic carbocycles. The predicted octanol–water partition coefficient (Wildman–Crippen LogP) is 1.79. The van der Waals surface area contributed by atoms with Crippen LogP contribution in [0.2, 0.25) is 0 Å². The van der Waals surface area contributed by atoms with E-state index in [9.17, 15) is 19.2 Å². The van der Waals surface area contributed by atoms with Crippen molar-refractivity contribution in [3.8, 4) is 0 Å². The minimum atomic E-state index is -0.936. The number of carbonyl (C=O) groups is 4. The third-order valence-electron chi connectivity index (χ3n) is 4.62. The molecule has 4 N–H and O–H groups in total. The van der Waals surface area contributed by atoms with Crippen LogP contribution in [-0.2, 0) is 19.1 Å². The van der Waals surface area contributed by atoms with Crippen molar-refractivity contribution < 1.29 is 23.9 Å². The standard InChI is InChI=1S/C23H38N4O5/c1-14(2)16-11-12-18(28)24-13-9-8-10-17(20(29)25-16)26-21(30)19(15(3)4)27-22(31)32-23(5,6)7/h8,10-12,14-17,19H,9,13H2,1-7H3,(H,24,28)(H,25,29)(H,26,30)(H,27,31)/b10-8+,12-11+/t16-,17+,19+/m1/s1. The highest BCUT2D eigenvalue weighted by Crippen LogP contribution is 2.10. The maximum atomic E-state index is 13.0. The van der Waals surface area contributed by atoms with Gasteiger partial charge in [-0.1, -0.05) is 45.9 Å². The smallest absolute Gasteiger partial charge is 0.408 e. The summed E-state index contributed by atoms with van der Waals surface area (Å²) in [4.78, 5) is 49.9. The lowest BCUT2D eigenvalue weighted by atomic mass is 10.0. The van der Waals surface area contributed by atoms with Crippen molar-refractivity contribution in [1.29, 1.82) is 0 Å². The summed E-state index contributed by atoms with van der Waals surface area (Å²) in [6.07, 6.45) is 6.16. The fourth-order valence-corrected chi connectivity index (χ4v) is 2.87. The van der Waals surface area contributed by atoms with Gasteiger partial charge in [-0.25, -0.2) is 4.79 Å². The van der Waals surface area contributed by atoms with Crippen LogP contribution < -0.4 is 21.3 Å². The van der Waals surface area contributed by atoms with Gasteiger partial charge in [0.05, 0.1) is 0 Å². The summed E-state index contributed by atoms with van der Waals surface area (Å²) in [5.41, 5.74) is -0.701. The fraction of sp³-hybridized carbons (Fsp3) is 0.652. The van der Waals surface area contributed by atoms with Gasteiger partial charge in [0.2, 0.25) is 17.7 Å². The second kappa shape index (κ2) is 12.3. The van der Waals surface area contributed by atoms with Crippen molar-refractivity contribution in [1.82, 2.24) is 21.3 Å². The van der Waals surface area contributed by atoms with E-state index in [1.807, 2.05) is 13.8 Å². The van der Waals surface area contributed by atoms with Gasteiger partial charge in [0.15, 0.2) is 0 Å². The fourth-order valence-electron chi connectivity index (χ4n) is 2.87. The van der Waals surface area contributed by atoms with Gasteiger partial charge >= 0.3 is 6.09 Å². The van der Waals surface area contributed by atoms with E-state index in [2.05, 4.69) is 21.3 Å². The molecule has 9 nitrogen and oxygen atoms in total. The Morgan fingerprint density at radius 2 is 1.78 bits per heavy atom. The summed E-state index contributed by atoms with van der Waals surface area (Å²) in [5, 5.41) is 10.9. The van der Waals surface area contributed by atoms with Crippen molar-refractivity contribution in [2.75, 3.05) is 6.54 Å². The molecule has 9 heteroatoms. The monoisotopic (exact) mass is 450 g/mol. The maximum Gasteiger partial charge on any atom is 0.408 e. The van der Waals surface area contributed by atoms with E-state index in [1.165, 1.54) is 6.08 Å². The summed E-state index contributed by atoms with van der Waals surface area (Å²) in [5.74, 6) is -1.32. The molecule has 4 amide bonds. The molecule has 32 heavy (non-hydrogen) atoms. The Kier molecular flexibility index (Phi) is 10.4. The van der Waals surface area contributed by atoms with E-state index in [1.54, 1.807) is 52.8 Å². The van der Waals surface area contributed by atoms with E-state index in [4.69, 9.17) is 4.74 Å². The van der Waals surface area contributed by atoms with Crippen LogP contribution >= 0.6 is 0 Å². The number of hydrogen-bond donors (Lipinski definition) is 4. The Bertz CT molecular complexity index is 737. The lowest BCUT2D eigenvalue weighted by Crippen LogP contribution is -2.56. The first kappa shape index (κ1) is 27.2. The summed E-state index contributed by atoms with van der Waals surface area (Å²) in [6, 6.07) is -2.21. The molecule has 0 bridgehead atoms. The predicted molar refractivity (Wildman–Crippen MR) is 123 cm³/mol. The van der Waals surface area contributed by atoms with E-state index in [-0.39, 0.29) is 23.8 Å². The van der Waals surface area contributed by atoms with Gasteiger partial charge in [0.1, 0.15) is 17.7 Å². The van der Waals surface area contributed by atoms with Crippen LogP contribution in [0.4, 0.5) is 4.79 Å². The molecule has 0 aromatic heterocycles. The normalized spacial score (nSPS) is 23.2. The van der Waals surface area contributed by atoms with Gasteiger partial charge in [-0.15, -0.1) is 0 Å². The average Bonchev–Trinajstić information content (AvgIpc) is 2.64. The maximum absolute atomic E-state index is 13.0. The highest BCUT2D eigenvalue weighted by atomic mass is 16.6. The quantitative estimate of drug-likeness (QED) is 0.475. The van der Waals surface area contributed by atoms with Crippen molar-refractivity contribution in [3.63, 3.8) is 0 Å².